The zero-order valence-corrected chi connectivity index (χ0v) is 7.47. The molecule has 5 rings (SSSR count). The number of ether oxygens (including phenoxy) is 1. The van der Waals surface area contributed by atoms with E-state index in [0.29, 0.717) is 0 Å². The number of aliphatic carboxylic acids is 1. The van der Waals surface area contributed by atoms with E-state index in [1.165, 1.54) is 0 Å². The number of carboxylic acid groups (broad SMARTS) is 1. The minimum atomic E-state index is -0.763. The lowest BCUT2D eigenvalue weighted by Crippen LogP contribution is -2.36. The molecule has 1 aliphatic heterocycles. The van der Waals surface area contributed by atoms with Crippen LogP contribution in [0.15, 0.2) is 0 Å². The third-order valence-electron chi connectivity index (χ3n) is 4.90. The van der Waals surface area contributed by atoms with Gasteiger partial charge in [-0.25, -0.2) is 0 Å². The summed E-state index contributed by atoms with van der Waals surface area (Å²) in [7, 11) is 0. The topological polar surface area (TPSA) is 63.6 Å². The van der Waals surface area contributed by atoms with Crippen LogP contribution in [-0.2, 0) is 14.3 Å². The summed E-state index contributed by atoms with van der Waals surface area (Å²) in [6.07, 6.45) is 1.91. The fraction of sp³-hybridized carbons (Fsp3) is 0.800. The minimum Gasteiger partial charge on any atom is -0.481 e. The highest BCUT2D eigenvalue weighted by Crippen LogP contribution is 2.81. The summed E-state index contributed by atoms with van der Waals surface area (Å²) in [5.41, 5.74) is -0.692. The first-order valence-electron chi connectivity index (χ1n) is 5.13. The predicted molar refractivity (Wildman–Crippen MR) is 43.1 cm³/mol. The van der Waals surface area contributed by atoms with Crippen LogP contribution in [-0.4, -0.2) is 23.1 Å². The van der Waals surface area contributed by atoms with Gasteiger partial charge in [0, 0.05) is 11.8 Å². The van der Waals surface area contributed by atoms with Gasteiger partial charge < -0.3 is 9.84 Å². The van der Waals surface area contributed by atoms with Crippen LogP contribution < -0.4 is 0 Å². The molecule has 0 amide bonds. The highest BCUT2D eigenvalue weighted by Gasteiger charge is 2.89. The molecule has 74 valence electrons. The van der Waals surface area contributed by atoms with Gasteiger partial charge in [0.25, 0.3) is 0 Å². The monoisotopic (exact) mass is 194 g/mol. The Morgan fingerprint density at radius 3 is 2.86 bits per heavy atom. The Kier molecular flexibility index (Phi) is 0.885. The van der Waals surface area contributed by atoms with E-state index in [4.69, 9.17) is 4.74 Å². The van der Waals surface area contributed by atoms with Gasteiger partial charge in [-0.15, -0.1) is 0 Å². The fourth-order valence-corrected chi connectivity index (χ4v) is 4.55. The Bertz CT molecular complexity index is 374. The molecule has 0 aromatic carbocycles. The van der Waals surface area contributed by atoms with Crippen LogP contribution in [0.4, 0.5) is 0 Å². The maximum absolute atomic E-state index is 11.5. The van der Waals surface area contributed by atoms with E-state index in [9.17, 15) is 14.7 Å². The first kappa shape index (κ1) is 7.26. The van der Waals surface area contributed by atoms with Gasteiger partial charge in [0.15, 0.2) is 0 Å². The summed E-state index contributed by atoms with van der Waals surface area (Å²) >= 11 is 0. The lowest BCUT2D eigenvalue weighted by Gasteiger charge is -2.26. The van der Waals surface area contributed by atoms with E-state index in [1.54, 1.807) is 0 Å². The third kappa shape index (κ3) is 0.433. The maximum atomic E-state index is 11.5. The van der Waals surface area contributed by atoms with Gasteiger partial charge in [-0.05, 0) is 18.8 Å². The number of carbonyl (C=O) groups is 2. The van der Waals surface area contributed by atoms with Gasteiger partial charge in [0.1, 0.15) is 6.10 Å². The highest BCUT2D eigenvalue weighted by atomic mass is 16.6. The molecular weight excluding hydrogens is 184 g/mol. The Morgan fingerprint density at radius 2 is 2.29 bits per heavy atom. The first-order chi connectivity index (χ1) is 6.69. The van der Waals surface area contributed by atoms with E-state index < -0.39 is 11.4 Å². The van der Waals surface area contributed by atoms with Crippen molar-refractivity contribution in [1.82, 2.24) is 0 Å². The fourth-order valence-electron chi connectivity index (χ4n) is 4.55. The van der Waals surface area contributed by atoms with Crippen molar-refractivity contribution in [2.24, 2.45) is 29.1 Å². The Morgan fingerprint density at radius 1 is 1.50 bits per heavy atom. The van der Waals surface area contributed by atoms with Gasteiger partial charge in [-0.3, -0.25) is 9.59 Å². The number of carboxylic acids is 1. The second-order valence-corrected chi connectivity index (χ2v) is 4.99. The van der Waals surface area contributed by atoms with Crippen LogP contribution in [0, 0.1) is 29.1 Å². The highest BCUT2D eigenvalue weighted by molar-refractivity contribution is 5.92. The molecule has 0 aromatic heterocycles. The molecule has 0 spiro atoms. The molecule has 1 heterocycles. The molecule has 6 atom stereocenters. The van der Waals surface area contributed by atoms with E-state index in [-0.39, 0.29) is 35.7 Å². The Hall–Kier alpha value is -1.06. The van der Waals surface area contributed by atoms with Crippen molar-refractivity contribution in [3.63, 3.8) is 0 Å². The molecule has 1 N–H and O–H groups in total. The number of carbonyl (C=O) groups excluding carboxylic acids is 1. The molecule has 6 unspecified atom stereocenters. The maximum Gasteiger partial charge on any atom is 0.311 e. The molecule has 5 aliphatic rings. The zero-order chi connectivity index (χ0) is 9.66. The number of fused-ring (bicyclic) bond motifs is 1. The normalized spacial score (nSPS) is 61.1. The van der Waals surface area contributed by atoms with Crippen LogP contribution in [0.5, 0.6) is 0 Å². The number of rotatable bonds is 1. The van der Waals surface area contributed by atoms with Crippen LogP contribution in [0.1, 0.15) is 12.8 Å². The third-order valence-corrected chi connectivity index (χ3v) is 4.90. The molecule has 4 saturated carbocycles. The van der Waals surface area contributed by atoms with Crippen molar-refractivity contribution in [2.75, 3.05) is 0 Å². The van der Waals surface area contributed by atoms with Crippen molar-refractivity contribution in [1.29, 1.82) is 0 Å². The SMILES string of the molecule is O=C1OC2C3CCC4C2C4(C(=O)O)C13. The van der Waals surface area contributed by atoms with E-state index in [1.807, 2.05) is 0 Å². The predicted octanol–water partition coefficient (Wildman–Crippen LogP) is 0.269. The van der Waals surface area contributed by atoms with Gasteiger partial charge in [0.05, 0.1) is 11.3 Å². The summed E-state index contributed by atoms with van der Waals surface area (Å²) in [5.74, 6) is -0.725. The molecule has 0 aromatic rings. The summed E-state index contributed by atoms with van der Waals surface area (Å²) in [5, 5.41) is 9.27. The van der Waals surface area contributed by atoms with E-state index >= 15 is 0 Å². The molecule has 4 heteroatoms. The first-order valence-corrected chi connectivity index (χ1v) is 5.13. The standard InChI is InChI=1S/C10H10O4/c11-8-5-3-1-2-4-6(7(3)14-8)10(4,5)9(12)13/h3-7H,1-2H2,(H,12,13). The average Bonchev–Trinajstić information content (AvgIpc) is 2.67. The van der Waals surface area contributed by atoms with Crippen LogP contribution in [0.3, 0.4) is 0 Å². The van der Waals surface area contributed by atoms with Crippen LogP contribution in [0.25, 0.3) is 0 Å². The van der Waals surface area contributed by atoms with Gasteiger partial charge in [-0.1, -0.05) is 0 Å². The van der Waals surface area contributed by atoms with Gasteiger partial charge >= 0.3 is 11.9 Å². The Labute approximate surface area is 80.2 Å². The van der Waals surface area contributed by atoms with Crippen molar-refractivity contribution < 1.29 is 19.4 Å². The van der Waals surface area contributed by atoms with Gasteiger partial charge in [0.2, 0.25) is 0 Å². The van der Waals surface area contributed by atoms with Crippen molar-refractivity contribution >= 4 is 11.9 Å². The minimum absolute atomic E-state index is 0.0534. The average molecular weight is 194 g/mol. The van der Waals surface area contributed by atoms with Crippen LogP contribution >= 0.6 is 0 Å². The molecule has 1 saturated heterocycles. The summed E-state index contributed by atoms with van der Waals surface area (Å²) in [6.45, 7) is 0. The lowest BCUT2D eigenvalue weighted by atomic mass is 9.73. The van der Waals surface area contributed by atoms with Crippen molar-refractivity contribution in [2.45, 2.75) is 18.9 Å². The molecular formula is C10H10O4. The molecule has 14 heavy (non-hydrogen) atoms. The zero-order valence-electron chi connectivity index (χ0n) is 7.47. The molecule has 4 nitrogen and oxygen atoms in total. The molecule has 0 radical (unpaired) electrons. The van der Waals surface area contributed by atoms with Crippen molar-refractivity contribution in [3.05, 3.63) is 0 Å². The smallest absolute Gasteiger partial charge is 0.311 e. The number of hydrogen-bond donors (Lipinski definition) is 1. The lowest BCUT2D eigenvalue weighted by molar-refractivity contribution is -0.160. The second kappa shape index (κ2) is 1.71. The second-order valence-electron chi connectivity index (χ2n) is 4.99. The summed E-state index contributed by atoms with van der Waals surface area (Å²) < 4.78 is 5.22. The number of esters is 1. The number of hydrogen-bond acceptors (Lipinski definition) is 3. The molecule has 4 aliphatic carbocycles. The molecule has 6 bridgehead atoms. The summed E-state index contributed by atoms with van der Waals surface area (Å²) in [4.78, 5) is 22.8. The largest absolute Gasteiger partial charge is 0.481 e. The summed E-state index contributed by atoms with van der Waals surface area (Å²) in [6, 6.07) is 0. The van der Waals surface area contributed by atoms with Crippen molar-refractivity contribution in [3.8, 4) is 0 Å². The van der Waals surface area contributed by atoms with Crippen LogP contribution in [0.2, 0.25) is 0 Å². The molecule has 5 fully saturated rings. The van der Waals surface area contributed by atoms with E-state index in [2.05, 4.69) is 0 Å². The van der Waals surface area contributed by atoms with E-state index in [0.717, 1.165) is 12.8 Å². The quantitative estimate of drug-likeness (QED) is 0.608. The Balaban J connectivity index is 1.91. The van der Waals surface area contributed by atoms with Gasteiger partial charge in [-0.2, -0.15) is 0 Å².